The molecule has 3 rings (SSSR count). The molecule has 17 atom stereocenters. The van der Waals surface area contributed by atoms with Crippen molar-refractivity contribution in [3.63, 3.8) is 0 Å². The molecule has 3 saturated heterocycles. The van der Waals surface area contributed by atoms with Crippen molar-refractivity contribution < 1.29 is 89.4 Å². The van der Waals surface area contributed by atoms with Gasteiger partial charge in [-0.1, -0.05) is 207 Å². The monoisotopic (exact) mass is 1270 g/mol. The van der Waals surface area contributed by atoms with E-state index in [1.54, 1.807) is 6.08 Å². The zero-order valence-corrected chi connectivity index (χ0v) is 54.3. The van der Waals surface area contributed by atoms with Crippen LogP contribution in [0.1, 0.15) is 200 Å². The van der Waals surface area contributed by atoms with Crippen LogP contribution in [0.4, 0.5) is 0 Å². The van der Waals surface area contributed by atoms with Gasteiger partial charge < -0.3 is 89.9 Å². The first-order valence-corrected chi connectivity index (χ1v) is 34.1. The molecule has 19 heteroatoms. The number of nitrogens with one attached hydrogen (secondary N) is 1. The van der Waals surface area contributed by atoms with Gasteiger partial charge in [-0.2, -0.15) is 0 Å². The zero-order chi connectivity index (χ0) is 65.4. The van der Waals surface area contributed by atoms with Gasteiger partial charge in [0.05, 0.1) is 38.6 Å². The SMILES string of the molecule is CC/C=C\C/C=C\C/C=C\C/C=C\C/C=C\C/C=C\CCCCCCCCCCCCC(=O)NC(COC1OC(CO)C(OC2OC(CO)C(OC3OC(CO)C(O)C(O)C3O)C(O)C2O)C(O)C1O)C(O)/C=C/CC/C=C/CC/C=C/CCCCCCCC. The minimum Gasteiger partial charge on any atom is -0.394 e. The molecule has 0 aromatic carbocycles. The van der Waals surface area contributed by atoms with Crippen LogP contribution in [0.2, 0.25) is 0 Å². The van der Waals surface area contributed by atoms with E-state index < -0.39 is 124 Å². The first-order chi connectivity index (χ1) is 43.8. The minimum atomic E-state index is -1.99. The summed E-state index contributed by atoms with van der Waals surface area (Å²) in [6, 6.07) is -1.01. The number of carbonyl (C=O) groups excluding carboxylic acids is 1. The van der Waals surface area contributed by atoms with E-state index in [-0.39, 0.29) is 18.9 Å². The Morgan fingerprint density at radius 1 is 0.411 bits per heavy atom. The van der Waals surface area contributed by atoms with Gasteiger partial charge in [0.2, 0.25) is 5.91 Å². The maximum absolute atomic E-state index is 13.4. The lowest BCUT2D eigenvalue weighted by atomic mass is 9.96. The molecule has 0 radical (unpaired) electrons. The molecule has 516 valence electrons. The van der Waals surface area contributed by atoms with Crippen LogP contribution in [-0.2, 0) is 33.2 Å². The van der Waals surface area contributed by atoms with Crippen LogP contribution in [-0.4, -0.2) is 193 Å². The summed E-state index contributed by atoms with van der Waals surface area (Å²) >= 11 is 0. The predicted molar refractivity (Wildman–Crippen MR) is 350 cm³/mol. The number of unbranched alkanes of at least 4 members (excludes halogenated alkanes) is 18. The van der Waals surface area contributed by atoms with Gasteiger partial charge in [0.1, 0.15) is 73.2 Å². The van der Waals surface area contributed by atoms with Crippen molar-refractivity contribution in [1.82, 2.24) is 5.32 Å². The minimum absolute atomic E-state index is 0.219. The fraction of sp³-hybridized carbons (Fsp3) is 0.732. The Hall–Kier alpha value is -3.55. The summed E-state index contributed by atoms with van der Waals surface area (Å²) in [5.41, 5.74) is 0. The third-order valence-electron chi connectivity index (χ3n) is 16.3. The van der Waals surface area contributed by atoms with Crippen LogP contribution in [0.25, 0.3) is 0 Å². The van der Waals surface area contributed by atoms with Crippen molar-refractivity contribution in [3.05, 3.63) is 109 Å². The maximum Gasteiger partial charge on any atom is 0.220 e. The van der Waals surface area contributed by atoms with Crippen LogP contribution < -0.4 is 5.32 Å². The van der Waals surface area contributed by atoms with Gasteiger partial charge in [-0.15, -0.1) is 0 Å². The molecular formula is C71H119NO18. The van der Waals surface area contributed by atoms with Crippen molar-refractivity contribution in [2.75, 3.05) is 26.4 Å². The number of rotatable bonds is 50. The van der Waals surface area contributed by atoms with Crippen LogP contribution in [0, 0.1) is 0 Å². The standard InChI is InChI=1S/C71H119NO18/c1-3-5-7-9-11-13-15-17-19-21-22-23-24-25-26-27-28-29-30-31-32-33-35-37-39-41-43-45-47-49-59(77)72-54(55(76)48-46-44-42-40-38-36-34-20-18-16-14-12-10-8-6-4-2)53-85-69-65(83)62(80)67(57(51-74)87-69)90-71-66(84)63(81)68(58(52-75)88-71)89-70-64(82)61(79)60(78)56(50-73)86-70/h5,7,11,13,17-20,22-23,25-26,28-29,38,40,46,48,54-58,60-71,73-76,78-84H,3-4,6,8-10,12,14-16,21,24,27,30-37,39,41-45,47,49-53H2,1-2H3,(H,72,77)/b7-5-,13-11-,19-17-,20-18+,23-22-,26-25-,29-28-,40-38+,48-46+. The molecule has 90 heavy (non-hydrogen) atoms. The summed E-state index contributed by atoms with van der Waals surface area (Å²) in [5.74, 6) is -0.300. The number of aliphatic hydroxyl groups excluding tert-OH is 11. The first kappa shape index (κ1) is 80.7. The Morgan fingerprint density at radius 3 is 1.24 bits per heavy atom. The summed E-state index contributed by atoms with van der Waals surface area (Å²) < 4.78 is 34.3. The number of carbonyl (C=O) groups is 1. The molecule has 3 aliphatic rings. The molecule has 0 spiro atoms. The van der Waals surface area contributed by atoms with E-state index in [1.165, 1.54) is 70.6 Å². The van der Waals surface area contributed by atoms with Crippen LogP contribution in [0.3, 0.4) is 0 Å². The number of ether oxygens (including phenoxy) is 6. The Balaban J connectivity index is 1.43. The predicted octanol–water partition coefficient (Wildman–Crippen LogP) is 8.66. The molecule has 3 fully saturated rings. The van der Waals surface area contributed by atoms with Crippen LogP contribution >= 0.6 is 0 Å². The zero-order valence-electron chi connectivity index (χ0n) is 54.3. The lowest BCUT2D eigenvalue weighted by Crippen LogP contribution is -2.66. The van der Waals surface area contributed by atoms with Crippen molar-refractivity contribution in [3.8, 4) is 0 Å². The molecule has 3 heterocycles. The van der Waals surface area contributed by atoms with Crippen LogP contribution in [0.5, 0.6) is 0 Å². The van der Waals surface area contributed by atoms with Gasteiger partial charge in [0.15, 0.2) is 18.9 Å². The average molecular weight is 1270 g/mol. The van der Waals surface area contributed by atoms with Gasteiger partial charge in [0, 0.05) is 6.42 Å². The van der Waals surface area contributed by atoms with E-state index in [0.717, 1.165) is 96.3 Å². The van der Waals surface area contributed by atoms with E-state index in [9.17, 15) is 61.0 Å². The summed E-state index contributed by atoms with van der Waals surface area (Å²) in [4.78, 5) is 13.4. The molecule has 0 aromatic heterocycles. The molecule has 0 aromatic rings. The highest BCUT2D eigenvalue weighted by Crippen LogP contribution is 2.33. The second kappa shape index (κ2) is 51.8. The van der Waals surface area contributed by atoms with E-state index in [0.29, 0.717) is 12.8 Å². The topological polar surface area (TPSA) is 307 Å². The Labute approximate surface area is 538 Å². The number of allylic oxidation sites excluding steroid dienone is 17. The smallest absolute Gasteiger partial charge is 0.220 e. The largest absolute Gasteiger partial charge is 0.394 e. The molecule has 0 bridgehead atoms. The summed E-state index contributed by atoms with van der Waals surface area (Å²) in [6.07, 6.45) is 42.0. The van der Waals surface area contributed by atoms with E-state index in [2.05, 4.69) is 116 Å². The molecule has 0 saturated carbocycles. The molecule has 3 aliphatic heterocycles. The molecular weight excluding hydrogens is 1150 g/mol. The highest BCUT2D eigenvalue weighted by atomic mass is 16.8. The van der Waals surface area contributed by atoms with Gasteiger partial charge in [-0.25, -0.2) is 0 Å². The van der Waals surface area contributed by atoms with E-state index in [1.807, 2.05) is 6.08 Å². The molecule has 19 nitrogen and oxygen atoms in total. The number of hydrogen-bond donors (Lipinski definition) is 12. The highest BCUT2D eigenvalue weighted by molar-refractivity contribution is 5.76. The number of aliphatic hydroxyl groups is 11. The molecule has 1 amide bonds. The normalized spacial score (nSPS) is 28.7. The van der Waals surface area contributed by atoms with Gasteiger partial charge >= 0.3 is 0 Å². The third kappa shape index (κ3) is 33.5. The van der Waals surface area contributed by atoms with Gasteiger partial charge in [-0.3, -0.25) is 4.79 Å². The summed E-state index contributed by atoms with van der Waals surface area (Å²) in [6.45, 7) is 1.55. The fourth-order valence-electron chi connectivity index (χ4n) is 10.8. The number of amides is 1. The Bertz CT molecular complexity index is 2060. The molecule has 17 unspecified atom stereocenters. The second-order valence-corrected chi connectivity index (χ2v) is 23.9. The lowest BCUT2D eigenvalue weighted by molar-refractivity contribution is -0.379. The van der Waals surface area contributed by atoms with E-state index >= 15 is 0 Å². The third-order valence-corrected chi connectivity index (χ3v) is 16.3. The van der Waals surface area contributed by atoms with Crippen molar-refractivity contribution >= 4 is 5.91 Å². The second-order valence-electron chi connectivity index (χ2n) is 23.9. The summed E-state index contributed by atoms with van der Waals surface area (Å²) in [7, 11) is 0. The maximum atomic E-state index is 13.4. The van der Waals surface area contributed by atoms with Crippen molar-refractivity contribution in [2.24, 2.45) is 0 Å². The first-order valence-electron chi connectivity index (χ1n) is 34.1. The number of hydrogen-bond acceptors (Lipinski definition) is 18. The molecule has 12 N–H and O–H groups in total. The fourth-order valence-corrected chi connectivity index (χ4v) is 10.8. The lowest BCUT2D eigenvalue weighted by Gasteiger charge is -2.48. The summed E-state index contributed by atoms with van der Waals surface area (Å²) in [5, 5.41) is 120. The molecule has 0 aliphatic carbocycles. The average Bonchev–Trinajstić information content (AvgIpc) is 1.05. The van der Waals surface area contributed by atoms with Gasteiger partial charge in [-0.05, 0) is 96.3 Å². The van der Waals surface area contributed by atoms with Crippen LogP contribution in [0.15, 0.2) is 109 Å². The van der Waals surface area contributed by atoms with E-state index in [4.69, 9.17) is 28.4 Å². The van der Waals surface area contributed by atoms with Crippen molar-refractivity contribution in [1.29, 1.82) is 0 Å². The van der Waals surface area contributed by atoms with Gasteiger partial charge in [0.25, 0.3) is 0 Å². The van der Waals surface area contributed by atoms with Crippen molar-refractivity contribution in [2.45, 2.75) is 304 Å². The highest BCUT2D eigenvalue weighted by Gasteiger charge is 2.53. The Kier molecular flexibility index (Phi) is 46.5. The Morgan fingerprint density at radius 2 is 0.778 bits per heavy atom. The quantitative estimate of drug-likeness (QED) is 0.0200.